The Bertz CT molecular complexity index is 1430. The fourth-order valence-electron chi connectivity index (χ4n) is 3.36. The standard InChI is InChI=1S/C25H19N7O2/c33-24(27-28-25(34)22-16-26-32(29-22)20-14-8-3-9-15-20)21-17-31(19-12-6-2-7-13-19)30-23(21)18-10-4-1-5-11-18/h1-17H,(H,27,33)(H,28,34). The van der Waals surface area contributed by atoms with Crippen LogP contribution in [0.4, 0.5) is 0 Å². The van der Waals surface area contributed by atoms with E-state index in [-0.39, 0.29) is 5.69 Å². The molecule has 5 rings (SSSR count). The van der Waals surface area contributed by atoms with Gasteiger partial charge in [0.2, 0.25) is 0 Å². The van der Waals surface area contributed by atoms with E-state index in [0.717, 1.165) is 11.3 Å². The number of para-hydroxylation sites is 2. The molecule has 34 heavy (non-hydrogen) atoms. The molecule has 0 saturated heterocycles. The monoisotopic (exact) mass is 449 g/mol. The predicted octanol–water partition coefficient (Wildman–Crippen LogP) is 3.19. The molecule has 0 aliphatic heterocycles. The molecule has 0 spiro atoms. The highest BCUT2D eigenvalue weighted by molar-refractivity contribution is 6.01. The molecule has 0 bridgehead atoms. The lowest BCUT2D eigenvalue weighted by molar-refractivity contribution is 0.0844. The molecule has 3 aromatic carbocycles. The Hall–Kier alpha value is -5.05. The summed E-state index contributed by atoms with van der Waals surface area (Å²) in [7, 11) is 0. The summed E-state index contributed by atoms with van der Waals surface area (Å²) in [6, 6.07) is 28.0. The van der Waals surface area contributed by atoms with Gasteiger partial charge in [-0.25, -0.2) is 4.68 Å². The summed E-state index contributed by atoms with van der Waals surface area (Å²) in [6.07, 6.45) is 2.96. The maximum Gasteiger partial charge on any atom is 0.291 e. The lowest BCUT2D eigenvalue weighted by atomic mass is 10.1. The van der Waals surface area contributed by atoms with Gasteiger partial charge in [0, 0.05) is 11.8 Å². The first-order chi connectivity index (χ1) is 16.7. The zero-order valence-electron chi connectivity index (χ0n) is 17.9. The van der Waals surface area contributed by atoms with Gasteiger partial charge in [0.05, 0.1) is 23.1 Å². The minimum Gasteiger partial charge on any atom is -0.267 e. The topological polar surface area (TPSA) is 107 Å². The van der Waals surface area contributed by atoms with Crippen molar-refractivity contribution >= 4 is 11.8 Å². The smallest absolute Gasteiger partial charge is 0.267 e. The van der Waals surface area contributed by atoms with Crippen LogP contribution >= 0.6 is 0 Å². The normalized spacial score (nSPS) is 10.6. The van der Waals surface area contributed by atoms with Crippen molar-refractivity contribution in [2.24, 2.45) is 0 Å². The van der Waals surface area contributed by atoms with Crippen LogP contribution in [-0.2, 0) is 0 Å². The number of nitrogens with one attached hydrogen (secondary N) is 2. The van der Waals surface area contributed by atoms with E-state index in [9.17, 15) is 9.59 Å². The Kier molecular flexibility index (Phi) is 5.64. The Balaban J connectivity index is 1.36. The summed E-state index contributed by atoms with van der Waals surface area (Å²) in [6.45, 7) is 0. The minimum atomic E-state index is -0.591. The zero-order chi connectivity index (χ0) is 23.3. The number of carbonyl (C=O) groups excluding carboxylic acids is 2. The highest BCUT2D eigenvalue weighted by atomic mass is 16.2. The number of carbonyl (C=O) groups is 2. The number of nitrogens with zero attached hydrogens (tertiary/aromatic N) is 5. The van der Waals surface area contributed by atoms with Crippen LogP contribution in [0, 0.1) is 0 Å². The van der Waals surface area contributed by atoms with E-state index in [2.05, 4.69) is 26.1 Å². The Morgan fingerprint density at radius 3 is 1.94 bits per heavy atom. The lowest BCUT2D eigenvalue weighted by Gasteiger charge is -2.06. The van der Waals surface area contributed by atoms with Gasteiger partial charge in [-0.15, -0.1) is 5.10 Å². The largest absolute Gasteiger partial charge is 0.291 e. The number of aromatic nitrogens is 5. The highest BCUT2D eigenvalue weighted by Crippen LogP contribution is 2.23. The third-order valence-electron chi connectivity index (χ3n) is 5.03. The number of hydrogen-bond acceptors (Lipinski definition) is 5. The second-order valence-corrected chi connectivity index (χ2v) is 7.30. The van der Waals surface area contributed by atoms with Crippen LogP contribution in [0.2, 0.25) is 0 Å². The van der Waals surface area contributed by atoms with Crippen LogP contribution in [0.1, 0.15) is 20.8 Å². The SMILES string of the molecule is O=C(NNC(=O)c1cn(-c2ccccc2)nc1-c1ccccc1)c1cnn(-c2ccccc2)n1. The van der Waals surface area contributed by atoms with Gasteiger partial charge in [-0.1, -0.05) is 66.7 Å². The molecule has 5 aromatic rings. The van der Waals surface area contributed by atoms with Crippen molar-refractivity contribution in [2.75, 3.05) is 0 Å². The maximum atomic E-state index is 13.0. The summed E-state index contributed by atoms with van der Waals surface area (Å²) < 4.78 is 1.63. The molecule has 9 nitrogen and oxygen atoms in total. The van der Waals surface area contributed by atoms with E-state index in [1.165, 1.54) is 11.0 Å². The highest BCUT2D eigenvalue weighted by Gasteiger charge is 2.20. The molecule has 9 heteroatoms. The minimum absolute atomic E-state index is 0.0624. The fourth-order valence-corrected chi connectivity index (χ4v) is 3.36. The number of benzene rings is 3. The van der Waals surface area contributed by atoms with Crippen molar-refractivity contribution < 1.29 is 9.59 Å². The summed E-state index contributed by atoms with van der Waals surface area (Å²) in [5.41, 5.74) is 8.01. The first-order valence-corrected chi connectivity index (χ1v) is 10.5. The van der Waals surface area contributed by atoms with E-state index in [0.29, 0.717) is 16.9 Å². The quantitative estimate of drug-likeness (QED) is 0.401. The third-order valence-corrected chi connectivity index (χ3v) is 5.03. The van der Waals surface area contributed by atoms with E-state index >= 15 is 0 Å². The molecule has 2 N–H and O–H groups in total. The molecular weight excluding hydrogens is 430 g/mol. The van der Waals surface area contributed by atoms with Crippen molar-refractivity contribution in [2.45, 2.75) is 0 Å². The van der Waals surface area contributed by atoms with Crippen LogP contribution in [0.5, 0.6) is 0 Å². The Labute approximate surface area is 194 Å². The second-order valence-electron chi connectivity index (χ2n) is 7.30. The average Bonchev–Trinajstić information content (AvgIpc) is 3.57. The van der Waals surface area contributed by atoms with Gasteiger partial charge in [0.15, 0.2) is 5.69 Å². The summed E-state index contributed by atoms with van der Waals surface area (Å²) >= 11 is 0. The molecule has 2 aromatic heterocycles. The van der Waals surface area contributed by atoms with Crippen LogP contribution in [0.25, 0.3) is 22.6 Å². The van der Waals surface area contributed by atoms with E-state index in [4.69, 9.17) is 0 Å². The van der Waals surface area contributed by atoms with Gasteiger partial charge in [0.25, 0.3) is 11.8 Å². The molecule has 0 aliphatic carbocycles. The number of hydrazine groups is 1. The van der Waals surface area contributed by atoms with Crippen LogP contribution in [-0.4, -0.2) is 36.6 Å². The molecular formula is C25H19N7O2. The maximum absolute atomic E-state index is 13.0. The van der Waals surface area contributed by atoms with Gasteiger partial charge in [-0.05, 0) is 24.3 Å². The van der Waals surface area contributed by atoms with Crippen molar-refractivity contribution in [3.8, 4) is 22.6 Å². The second kappa shape index (κ2) is 9.21. The van der Waals surface area contributed by atoms with Crippen LogP contribution < -0.4 is 10.9 Å². The fraction of sp³-hybridized carbons (Fsp3) is 0. The average molecular weight is 449 g/mol. The summed E-state index contributed by atoms with van der Waals surface area (Å²) in [5, 5.41) is 12.9. The molecule has 0 saturated carbocycles. The molecule has 0 aliphatic rings. The molecule has 166 valence electrons. The van der Waals surface area contributed by atoms with Gasteiger partial charge in [-0.2, -0.15) is 15.0 Å². The van der Waals surface area contributed by atoms with E-state index in [1.807, 2.05) is 91.0 Å². The van der Waals surface area contributed by atoms with Crippen molar-refractivity contribution in [1.29, 1.82) is 0 Å². The summed E-state index contributed by atoms with van der Waals surface area (Å²) in [5.74, 6) is -1.10. The number of amides is 2. The van der Waals surface area contributed by atoms with Crippen molar-refractivity contribution in [3.05, 3.63) is 115 Å². The van der Waals surface area contributed by atoms with Crippen LogP contribution in [0.15, 0.2) is 103 Å². The van der Waals surface area contributed by atoms with Crippen molar-refractivity contribution in [1.82, 2.24) is 35.6 Å². The Morgan fingerprint density at radius 1 is 0.676 bits per heavy atom. The van der Waals surface area contributed by atoms with Gasteiger partial charge >= 0.3 is 0 Å². The molecule has 0 unspecified atom stereocenters. The molecule has 0 atom stereocenters. The molecule has 0 radical (unpaired) electrons. The predicted molar refractivity (Wildman–Crippen MR) is 125 cm³/mol. The zero-order valence-corrected chi connectivity index (χ0v) is 17.9. The van der Waals surface area contributed by atoms with Gasteiger partial charge < -0.3 is 0 Å². The lowest BCUT2D eigenvalue weighted by Crippen LogP contribution is -2.41. The number of hydrogen-bond donors (Lipinski definition) is 2. The number of rotatable bonds is 5. The van der Waals surface area contributed by atoms with Crippen LogP contribution in [0.3, 0.4) is 0 Å². The van der Waals surface area contributed by atoms with Gasteiger partial charge in [0.1, 0.15) is 5.69 Å². The first-order valence-electron chi connectivity index (χ1n) is 10.5. The first kappa shape index (κ1) is 20.8. The van der Waals surface area contributed by atoms with E-state index in [1.54, 1.807) is 10.9 Å². The molecule has 2 heterocycles. The summed E-state index contributed by atoms with van der Waals surface area (Å²) in [4.78, 5) is 26.9. The third kappa shape index (κ3) is 4.30. The Morgan fingerprint density at radius 2 is 1.26 bits per heavy atom. The van der Waals surface area contributed by atoms with Gasteiger partial charge in [-0.3, -0.25) is 20.4 Å². The molecule has 2 amide bonds. The van der Waals surface area contributed by atoms with Crippen molar-refractivity contribution in [3.63, 3.8) is 0 Å². The molecule has 0 fully saturated rings. The van der Waals surface area contributed by atoms with E-state index < -0.39 is 11.8 Å².